The molecule has 0 atom stereocenters. The molecule has 0 aliphatic carbocycles. The zero-order valence-corrected chi connectivity index (χ0v) is 7.94. The Bertz CT molecular complexity index is 383. The lowest BCUT2D eigenvalue weighted by Gasteiger charge is -2.08. The lowest BCUT2D eigenvalue weighted by atomic mass is 10.2. The highest BCUT2D eigenvalue weighted by atomic mass is 19.4. The van der Waals surface area contributed by atoms with E-state index in [-0.39, 0.29) is 11.3 Å². The van der Waals surface area contributed by atoms with Crippen LogP contribution in [0.15, 0.2) is 18.2 Å². The number of rotatable bonds is 2. The minimum atomic E-state index is -4.95. The molecular weight excluding hydrogens is 228 g/mol. The van der Waals surface area contributed by atoms with Crippen LogP contribution in [0.4, 0.5) is 23.2 Å². The molecule has 0 aliphatic heterocycles. The Morgan fingerprint density at radius 3 is 2.44 bits per heavy atom. The summed E-state index contributed by atoms with van der Waals surface area (Å²) >= 11 is 0. The van der Waals surface area contributed by atoms with Crippen molar-refractivity contribution in [1.29, 1.82) is 0 Å². The van der Waals surface area contributed by atoms with E-state index in [2.05, 4.69) is 0 Å². The molecule has 0 saturated heterocycles. The van der Waals surface area contributed by atoms with Gasteiger partial charge >= 0.3 is 12.1 Å². The SMILES string of the molecule is Nc1cc(F)cc(CNC(=O)C(F)(F)F)c1. The number of carbonyl (C=O) groups is 1. The van der Waals surface area contributed by atoms with Crippen LogP contribution in [0.1, 0.15) is 5.56 Å². The fourth-order valence-electron chi connectivity index (χ4n) is 1.06. The summed E-state index contributed by atoms with van der Waals surface area (Å²) in [5, 5.41) is 1.61. The average Bonchev–Trinajstić information content (AvgIpc) is 2.11. The molecule has 1 rings (SSSR count). The molecule has 0 aromatic heterocycles. The zero-order chi connectivity index (χ0) is 12.3. The van der Waals surface area contributed by atoms with E-state index in [0.29, 0.717) is 0 Å². The first-order chi connectivity index (χ1) is 7.29. The summed E-state index contributed by atoms with van der Waals surface area (Å²) in [5.41, 5.74) is 5.52. The third-order valence-corrected chi connectivity index (χ3v) is 1.69. The maximum Gasteiger partial charge on any atom is 0.471 e. The van der Waals surface area contributed by atoms with Gasteiger partial charge in [0.05, 0.1) is 0 Å². The molecule has 1 amide bonds. The Balaban J connectivity index is 2.65. The van der Waals surface area contributed by atoms with Gasteiger partial charge in [-0.1, -0.05) is 0 Å². The molecule has 0 saturated carbocycles. The van der Waals surface area contributed by atoms with E-state index in [0.717, 1.165) is 12.1 Å². The number of amides is 1. The number of hydrogen-bond donors (Lipinski definition) is 2. The smallest absolute Gasteiger partial charge is 0.399 e. The van der Waals surface area contributed by atoms with E-state index >= 15 is 0 Å². The van der Waals surface area contributed by atoms with E-state index in [9.17, 15) is 22.4 Å². The summed E-state index contributed by atoms with van der Waals surface area (Å²) in [6, 6.07) is 3.29. The van der Waals surface area contributed by atoms with Crippen molar-refractivity contribution in [2.24, 2.45) is 0 Å². The van der Waals surface area contributed by atoms with Crippen molar-refractivity contribution in [2.75, 3.05) is 5.73 Å². The quantitative estimate of drug-likeness (QED) is 0.605. The Hall–Kier alpha value is -1.79. The monoisotopic (exact) mass is 236 g/mol. The van der Waals surface area contributed by atoms with Gasteiger partial charge in [0.25, 0.3) is 0 Å². The molecule has 0 fully saturated rings. The van der Waals surface area contributed by atoms with Crippen molar-refractivity contribution in [3.05, 3.63) is 29.6 Å². The number of benzene rings is 1. The van der Waals surface area contributed by atoms with Crippen LogP contribution in [-0.4, -0.2) is 12.1 Å². The first-order valence-electron chi connectivity index (χ1n) is 4.19. The van der Waals surface area contributed by atoms with Crippen LogP contribution in [0.2, 0.25) is 0 Å². The van der Waals surface area contributed by atoms with E-state index in [1.807, 2.05) is 0 Å². The number of nitrogen functional groups attached to an aromatic ring is 1. The number of alkyl halides is 3. The van der Waals surface area contributed by atoms with E-state index < -0.39 is 24.4 Å². The lowest BCUT2D eigenvalue weighted by molar-refractivity contribution is -0.173. The molecular formula is C9H8F4N2O. The predicted molar refractivity (Wildman–Crippen MR) is 48.7 cm³/mol. The van der Waals surface area contributed by atoms with Crippen LogP contribution in [-0.2, 0) is 11.3 Å². The van der Waals surface area contributed by atoms with Crippen molar-refractivity contribution in [3.63, 3.8) is 0 Å². The molecule has 0 spiro atoms. The van der Waals surface area contributed by atoms with Gasteiger partial charge in [-0.05, 0) is 23.8 Å². The van der Waals surface area contributed by atoms with Crippen molar-refractivity contribution in [1.82, 2.24) is 5.32 Å². The Morgan fingerprint density at radius 1 is 1.31 bits per heavy atom. The first kappa shape index (κ1) is 12.3. The molecule has 3 N–H and O–H groups in total. The summed E-state index contributed by atoms with van der Waals surface area (Å²) < 4.78 is 48.2. The van der Waals surface area contributed by atoms with Gasteiger partial charge in [0.2, 0.25) is 0 Å². The van der Waals surface area contributed by atoms with Crippen LogP contribution >= 0.6 is 0 Å². The first-order valence-corrected chi connectivity index (χ1v) is 4.19. The number of carbonyl (C=O) groups excluding carboxylic acids is 1. The molecule has 88 valence electrons. The number of hydrogen-bond acceptors (Lipinski definition) is 2. The highest BCUT2D eigenvalue weighted by Gasteiger charge is 2.38. The van der Waals surface area contributed by atoms with Crippen LogP contribution in [0.5, 0.6) is 0 Å². The minimum Gasteiger partial charge on any atom is -0.399 e. The Labute approximate surface area is 88.2 Å². The molecule has 0 heterocycles. The van der Waals surface area contributed by atoms with Gasteiger partial charge in [-0.15, -0.1) is 0 Å². The molecule has 1 aromatic carbocycles. The standard InChI is InChI=1S/C9H8F4N2O/c10-6-1-5(2-7(14)3-6)4-15-8(16)9(11,12)13/h1-3H,4,14H2,(H,15,16). The predicted octanol–water partition coefficient (Wildman–Crippen LogP) is 1.59. The molecule has 0 bridgehead atoms. The average molecular weight is 236 g/mol. The van der Waals surface area contributed by atoms with Gasteiger partial charge in [-0.3, -0.25) is 4.79 Å². The second-order valence-corrected chi connectivity index (χ2v) is 3.07. The van der Waals surface area contributed by atoms with E-state index in [4.69, 9.17) is 5.73 Å². The van der Waals surface area contributed by atoms with Crippen molar-refractivity contribution >= 4 is 11.6 Å². The van der Waals surface area contributed by atoms with Crippen LogP contribution in [0, 0.1) is 5.82 Å². The third kappa shape index (κ3) is 3.41. The lowest BCUT2D eigenvalue weighted by Crippen LogP contribution is -2.36. The highest BCUT2D eigenvalue weighted by molar-refractivity contribution is 5.81. The van der Waals surface area contributed by atoms with Crippen molar-refractivity contribution in [3.8, 4) is 0 Å². The number of halogens is 4. The van der Waals surface area contributed by atoms with Gasteiger partial charge in [0, 0.05) is 12.2 Å². The molecule has 3 nitrogen and oxygen atoms in total. The second-order valence-electron chi connectivity index (χ2n) is 3.07. The fourth-order valence-corrected chi connectivity index (χ4v) is 1.06. The largest absolute Gasteiger partial charge is 0.471 e. The van der Waals surface area contributed by atoms with Crippen LogP contribution < -0.4 is 11.1 Å². The van der Waals surface area contributed by atoms with E-state index in [1.54, 1.807) is 5.32 Å². The highest BCUT2D eigenvalue weighted by Crippen LogP contribution is 2.15. The summed E-state index contributed by atoms with van der Waals surface area (Å²) in [7, 11) is 0. The summed E-state index contributed by atoms with van der Waals surface area (Å²) in [5.74, 6) is -2.74. The maximum absolute atomic E-state index is 12.8. The van der Waals surface area contributed by atoms with Gasteiger partial charge in [0.15, 0.2) is 0 Å². The molecule has 16 heavy (non-hydrogen) atoms. The molecule has 0 radical (unpaired) electrons. The van der Waals surface area contributed by atoms with Crippen molar-refractivity contribution in [2.45, 2.75) is 12.7 Å². The minimum absolute atomic E-state index is 0.0799. The molecule has 0 unspecified atom stereocenters. The second kappa shape index (κ2) is 4.38. The third-order valence-electron chi connectivity index (χ3n) is 1.69. The summed E-state index contributed by atoms with van der Waals surface area (Å²) in [6.45, 7) is -0.430. The maximum atomic E-state index is 12.8. The number of nitrogens with two attached hydrogens (primary N) is 1. The van der Waals surface area contributed by atoms with Gasteiger partial charge in [-0.25, -0.2) is 4.39 Å². The summed E-state index contributed by atoms with van der Waals surface area (Å²) in [6.07, 6.45) is -4.95. The fraction of sp³-hybridized carbons (Fsp3) is 0.222. The van der Waals surface area contributed by atoms with Gasteiger partial charge < -0.3 is 11.1 Å². The topological polar surface area (TPSA) is 55.1 Å². The Morgan fingerprint density at radius 2 is 1.94 bits per heavy atom. The molecule has 7 heteroatoms. The molecule has 1 aromatic rings. The van der Waals surface area contributed by atoms with Crippen molar-refractivity contribution < 1.29 is 22.4 Å². The normalized spacial score (nSPS) is 11.2. The summed E-state index contributed by atoms with van der Waals surface area (Å²) in [4.78, 5) is 10.4. The van der Waals surface area contributed by atoms with E-state index in [1.165, 1.54) is 6.07 Å². The zero-order valence-electron chi connectivity index (χ0n) is 7.94. The van der Waals surface area contributed by atoms with Gasteiger partial charge in [0.1, 0.15) is 5.82 Å². The van der Waals surface area contributed by atoms with Crippen LogP contribution in [0.25, 0.3) is 0 Å². The van der Waals surface area contributed by atoms with Gasteiger partial charge in [-0.2, -0.15) is 13.2 Å². The molecule has 0 aliphatic rings. The number of nitrogens with one attached hydrogen (secondary N) is 1. The Kier molecular flexibility index (Phi) is 3.36. The van der Waals surface area contributed by atoms with Crippen LogP contribution in [0.3, 0.4) is 0 Å². The number of anilines is 1.